The molecule has 156 valence electrons. The summed E-state index contributed by atoms with van der Waals surface area (Å²) in [6.07, 6.45) is 0.0975. The van der Waals surface area contributed by atoms with E-state index in [1.807, 2.05) is 42.5 Å². The van der Waals surface area contributed by atoms with Crippen molar-refractivity contribution in [1.82, 2.24) is 5.32 Å². The number of nitriles is 1. The molecule has 0 aromatic heterocycles. The maximum Gasteiger partial charge on any atom is 0.329 e. The number of amides is 1. The molecule has 7 nitrogen and oxygen atoms in total. The van der Waals surface area contributed by atoms with Crippen molar-refractivity contribution in [2.45, 2.75) is 33.2 Å². The predicted octanol–water partition coefficient (Wildman–Crippen LogP) is 2.81. The third-order valence-electron chi connectivity index (χ3n) is 4.71. The number of carbonyl (C=O) groups excluding carboxylic acids is 3. The van der Waals surface area contributed by atoms with Gasteiger partial charge in [-0.3, -0.25) is 9.59 Å². The van der Waals surface area contributed by atoms with Crippen molar-refractivity contribution >= 4 is 34.1 Å². The SMILES string of the molecule is CC(=N)[C@@H](C#N)C(=O)COC(=O)[C@@H](NC(=O)Cc1cccc2ccccc12)C(C)C. The maximum atomic E-state index is 12.6. The highest BCUT2D eigenvalue weighted by molar-refractivity contribution is 6.06. The fourth-order valence-electron chi connectivity index (χ4n) is 3.07. The molecule has 0 aliphatic rings. The number of Topliss-reactive ketones (excluding diaryl/α,β-unsaturated/α-hetero) is 1. The Morgan fingerprint density at radius 3 is 2.43 bits per heavy atom. The van der Waals surface area contributed by atoms with Gasteiger partial charge in [0, 0.05) is 5.71 Å². The van der Waals surface area contributed by atoms with E-state index < -0.39 is 30.3 Å². The van der Waals surface area contributed by atoms with Crippen LogP contribution in [0.5, 0.6) is 0 Å². The minimum Gasteiger partial charge on any atom is -0.456 e. The molecular formula is C23H25N3O4. The van der Waals surface area contributed by atoms with Crippen molar-refractivity contribution in [3.05, 3.63) is 48.0 Å². The minimum absolute atomic E-state index is 0.0975. The van der Waals surface area contributed by atoms with E-state index in [-0.39, 0.29) is 24.0 Å². The van der Waals surface area contributed by atoms with Gasteiger partial charge in [0.05, 0.1) is 12.5 Å². The predicted molar refractivity (Wildman–Crippen MR) is 113 cm³/mol. The Morgan fingerprint density at radius 1 is 1.13 bits per heavy atom. The number of ether oxygens (including phenoxy) is 1. The second-order valence-electron chi connectivity index (χ2n) is 7.42. The molecule has 0 spiro atoms. The fourth-order valence-corrected chi connectivity index (χ4v) is 3.07. The number of benzene rings is 2. The first kappa shape index (κ1) is 22.8. The summed E-state index contributed by atoms with van der Waals surface area (Å²) < 4.78 is 5.03. The van der Waals surface area contributed by atoms with Crippen LogP contribution in [0.25, 0.3) is 10.8 Å². The van der Waals surface area contributed by atoms with Gasteiger partial charge in [-0.2, -0.15) is 5.26 Å². The average molecular weight is 407 g/mol. The van der Waals surface area contributed by atoms with Gasteiger partial charge in [-0.05, 0) is 29.2 Å². The van der Waals surface area contributed by atoms with E-state index in [0.717, 1.165) is 16.3 Å². The van der Waals surface area contributed by atoms with Gasteiger partial charge in [0.25, 0.3) is 0 Å². The van der Waals surface area contributed by atoms with Crippen LogP contribution in [-0.4, -0.2) is 36.0 Å². The van der Waals surface area contributed by atoms with Crippen molar-refractivity contribution in [3.8, 4) is 6.07 Å². The normalized spacial score (nSPS) is 12.6. The quantitative estimate of drug-likeness (QED) is 0.489. The molecule has 0 fully saturated rings. The molecule has 0 aliphatic heterocycles. The average Bonchev–Trinajstić information content (AvgIpc) is 2.70. The second-order valence-corrected chi connectivity index (χ2v) is 7.42. The Kier molecular flexibility index (Phi) is 7.82. The molecule has 30 heavy (non-hydrogen) atoms. The number of nitrogens with one attached hydrogen (secondary N) is 2. The summed E-state index contributed by atoms with van der Waals surface area (Å²) >= 11 is 0. The van der Waals surface area contributed by atoms with Crippen molar-refractivity contribution < 1.29 is 19.1 Å². The van der Waals surface area contributed by atoms with Gasteiger partial charge < -0.3 is 15.5 Å². The third-order valence-corrected chi connectivity index (χ3v) is 4.71. The Morgan fingerprint density at radius 2 is 1.80 bits per heavy atom. The second kappa shape index (κ2) is 10.3. The summed E-state index contributed by atoms with van der Waals surface area (Å²) in [7, 11) is 0. The van der Waals surface area contributed by atoms with Crippen LogP contribution in [0.2, 0.25) is 0 Å². The van der Waals surface area contributed by atoms with Crippen LogP contribution in [0.3, 0.4) is 0 Å². The zero-order valence-corrected chi connectivity index (χ0v) is 17.3. The van der Waals surface area contributed by atoms with E-state index in [9.17, 15) is 14.4 Å². The molecule has 2 aromatic rings. The summed E-state index contributed by atoms with van der Waals surface area (Å²) in [5.41, 5.74) is 0.734. The Labute approximate surface area is 175 Å². The zero-order valence-electron chi connectivity index (χ0n) is 17.3. The lowest BCUT2D eigenvalue weighted by atomic mass is 10.0. The maximum absolute atomic E-state index is 12.6. The van der Waals surface area contributed by atoms with Crippen LogP contribution in [0.4, 0.5) is 0 Å². The van der Waals surface area contributed by atoms with E-state index in [2.05, 4.69) is 5.32 Å². The summed E-state index contributed by atoms with van der Waals surface area (Å²) in [6, 6.07) is 14.2. The lowest BCUT2D eigenvalue weighted by Crippen LogP contribution is -2.46. The standard InChI is InChI=1S/C23H25N3O4/c1-14(2)22(23(29)30-13-20(27)19(12-24)15(3)25)26-21(28)11-17-9-6-8-16-7-4-5-10-18(16)17/h4-10,14,19,22,25H,11,13H2,1-3H3,(H,26,28)/t19-,22+/m1/s1. The van der Waals surface area contributed by atoms with E-state index >= 15 is 0 Å². The molecule has 0 unspecified atom stereocenters. The molecule has 2 rings (SSSR count). The monoisotopic (exact) mass is 407 g/mol. The summed E-state index contributed by atoms with van der Waals surface area (Å²) in [6.45, 7) is 4.24. The molecular weight excluding hydrogens is 382 g/mol. The van der Waals surface area contributed by atoms with Gasteiger partial charge in [0.15, 0.2) is 12.4 Å². The van der Waals surface area contributed by atoms with E-state index in [1.54, 1.807) is 19.9 Å². The number of carbonyl (C=O) groups is 3. The van der Waals surface area contributed by atoms with Crippen LogP contribution in [0.1, 0.15) is 26.3 Å². The molecule has 0 saturated heterocycles. The summed E-state index contributed by atoms with van der Waals surface area (Å²) in [4.78, 5) is 37.0. The van der Waals surface area contributed by atoms with Crippen molar-refractivity contribution in [2.75, 3.05) is 6.61 Å². The van der Waals surface area contributed by atoms with Gasteiger partial charge in [-0.15, -0.1) is 0 Å². The Bertz CT molecular complexity index is 1000. The van der Waals surface area contributed by atoms with Crippen LogP contribution in [0, 0.1) is 28.6 Å². The van der Waals surface area contributed by atoms with Gasteiger partial charge in [-0.1, -0.05) is 56.3 Å². The van der Waals surface area contributed by atoms with Crippen LogP contribution >= 0.6 is 0 Å². The summed E-state index contributed by atoms with van der Waals surface area (Å²) in [5, 5.41) is 21.1. The first-order chi connectivity index (χ1) is 14.2. The van der Waals surface area contributed by atoms with Crippen LogP contribution in [-0.2, 0) is 25.5 Å². The Balaban J connectivity index is 2.03. The molecule has 0 aliphatic carbocycles. The van der Waals surface area contributed by atoms with Gasteiger partial charge in [-0.25, -0.2) is 4.79 Å². The number of fused-ring (bicyclic) bond motifs is 1. The molecule has 2 aromatic carbocycles. The highest BCUT2D eigenvalue weighted by atomic mass is 16.5. The molecule has 2 atom stereocenters. The first-order valence-electron chi connectivity index (χ1n) is 9.64. The van der Waals surface area contributed by atoms with Crippen molar-refractivity contribution in [3.63, 3.8) is 0 Å². The number of rotatable bonds is 9. The highest BCUT2D eigenvalue weighted by Gasteiger charge is 2.28. The molecule has 0 bridgehead atoms. The molecule has 2 N–H and O–H groups in total. The molecule has 0 radical (unpaired) electrons. The molecule has 0 saturated carbocycles. The lowest BCUT2D eigenvalue weighted by molar-refractivity contribution is -0.152. The number of esters is 1. The van der Waals surface area contributed by atoms with E-state index in [1.165, 1.54) is 6.92 Å². The number of ketones is 1. The highest BCUT2D eigenvalue weighted by Crippen LogP contribution is 2.19. The first-order valence-corrected chi connectivity index (χ1v) is 9.64. The van der Waals surface area contributed by atoms with Gasteiger partial charge in [0.1, 0.15) is 12.0 Å². The van der Waals surface area contributed by atoms with E-state index in [0.29, 0.717) is 0 Å². The zero-order chi connectivity index (χ0) is 22.3. The minimum atomic E-state index is -1.24. The van der Waals surface area contributed by atoms with Crippen molar-refractivity contribution in [1.29, 1.82) is 10.7 Å². The fraction of sp³-hybridized carbons (Fsp3) is 0.348. The van der Waals surface area contributed by atoms with E-state index in [4.69, 9.17) is 15.4 Å². The third kappa shape index (κ3) is 5.74. The molecule has 7 heteroatoms. The number of hydrogen-bond acceptors (Lipinski definition) is 6. The van der Waals surface area contributed by atoms with Gasteiger partial charge >= 0.3 is 5.97 Å². The van der Waals surface area contributed by atoms with Crippen LogP contribution < -0.4 is 5.32 Å². The largest absolute Gasteiger partial charge is 0.456 e. The summed E-state index contributed by atoms with van der Waals surface area (Å²) in [5.74, 6) is -3.25. The van der Waals surface area contributed by atoms with Crippen LogP contribution in [0.15, 0.2) is 42.5 Å². The van der Waals surface area contributed by atoms with Gasteiger partial charge in [0.2, 0.25) is 5.91 Å². The molecule has 1 amide bonds. The van der Waals surface area contributed by atoms with Crippen molar-refractivity contribution in [2.24, 2.45) is 11.8 Å². The number of hydrogen-bond donors (Lipinski definition) is 2. The Hall–Kier alpha value is -3.53. The lowest BCUT2D eigenvalue weighted by Gasteiger charge is -2.21. The topological polar surface area (TPSA) is 120 Å². The number of nitrogens with zero attached hydrogens (tertiary/aromatic N) is 1. The molecule has 0 heterocycles. The smallest absolute Gasteiger partial charge is 0.329 e.